The summed E-state index contributed by atoms with van der Waals surface area (Å²) >= 11 is 1.18. The molecular formula is C23H27N3O4S2. The Kier molecular flexibility index (Phi) is 6.88. The van der Waals surface area contributed by atoms with E-state index >= 15 is 0 Å². The first-order valence-electron chi connectivity index (χ1n) is 10.8. The molecule has 2 aromatic rings. The zero-order valence-corrected chi connectivity index (χ0v) is 19.5. The Morgan fingerprint density at radius 3 is 2.59 bits per heavy atom. The van der Waals surface area contributed by atoms with E-state index in [4.69, 9.17) is 0 Å². The predicted octanol–water partition coefficient (Wildman–Crippen LogP) is 2.88. The number of nitrogens with zero attached hydrogens (tertiary/aromatic N) is 1. The molecule has 170 valence electrons. The molecule has 2 aromatic carbocycles. The second-order valence-electron chi connectivity index (χ2n) is 8.29. The molecule has 2 N–H and O–H groups in total. The average molecular weight is 474 g/mol. The first-order valence-corrected chi connectivity index (χ1v) is 13.1. The summed E-state index contributed by atoms with van der Waals surface area (Å²) in [4.78, 5) is 28.1. The summed E-state index contributed by atoms with van der Waals surface area (Å²) in [7, 11) is -3.72. The second kappa shape index (κ2) is 9.64. The number of hydrogen-bond acceptors (Lipinski definition) is 5. The standard InChI is InChI=1S/C23H27N3O4S2/c1-16-10-13-26(14-11-16)23(28)21-22(27)25-19-15-18(7-8-20(19)31-21)32(29,30)24-12-9-17-5-3-2-4-6-17/h2-8,15-16,21,24H,9-14H2,1H3,(H,25,27)/t21-/m1/s1. The number of benzene rings is 2. The zero-order valence-electron chi connectivity index (χ0n) is 17.9. The highest BCUT2D eigenvalue weighted by Crippen LogP contribution is 2.38. The van der Waals surface area contributed by atoms with Gasteiger partial charge in [0.2, 0.25) is 21.8 Å². The molecule has 4 rings (SSSR count). The number of sulfonamides is 1. The van der Waals surface area contributed by atoms with Gasteiger partial charge in [0.15, 0.2) is 5.25 Å². The van der Waals surface area contributed by atoms with Gasteiger partial charge in [-0.25, -0.2) is 13.1 Å². The maximum Gasteiger partial charge on any atom is 0.247 e. The minimum Gasteiger partial charge on any atom is -0.341 e. The number of carbonyl (C=O) groups is 2. The van der Waals surface area contributed by atoms with Crippen molar-refractivity contribution in [1.29, 1.82) is 0 Å². The molecule has 7 nitrogen and oxygen atoms in total. The van der Waals surface area contributed by atoms with Crippen LogP contribution in [-0.2, 0) is 26.0 Å². The van der Waals surface area contributed by atoms with Crippen molar-refractivity contribution >= 4 is 39.3 Å². The molecule has 32 heavy (non-hydrogen) atoms. The number of hydrogen-bond donors (Lipinski definition) is 2. The third-order valence-electron chi connectivity index (χ3n) is 5.87. The highest BCUT2D eigenvalue weighted by atomic mass is 32.2. The van der Waals surface area contributed by atoms with Crippen molar-refractivity contribution in [2.45, 2.75) is 41.2 Å². The SMILES string of the molecule is CC1CCN(C(=O)[C@@H]2Sc3ccc(S(=O)(=O)NCCc4ccccc4)cc3NC2=O)CC1. The van der Waals surface area contributed by atoms with E-state index in [1.807, 2.05) is 30.3 Å². The van der Waals surface area contributed by atoms with Crippen LogP contribution in [0.4, 0.5) is 5.69 Å². The van der Waals surface area contributed by atoms with E-state index in [9.17, 15) is 18.0 Å². The maximum absolute atomic E-state index is 12.9. The summed E-state index contributed by atoms with van der Waals surface area (Å²) < 4.78 is 28.0. The average Bonchev–Trinajstić information content (AvgIpc) is 2.79. The van der Waals surface area contributed by atoms with Crippen LogP contribution in [0.3, 0.4) is 0 Å². The Hall–Kier alpha value is -2.36. The van der Waals surface area contributed by atoms with Gasteiger partial charge in [-0.05, 0) is 48.9 Å². The van der Waals surface area contributed by atoms with Crippen molar-refractivity contribution in [3.63, 3.8) is 0 Å². The predicted molar refractivity (Wildman–Crippen MR) is 125 cm³/mol. The van der Waals surface area contributed by atoms with Crippen LogP contribution >= 0.6 is 11.8 Å². The molecule has 2 amide bonds. The summed E-state index contributed by atoms with van der Waals surface area (Å²) in [6.45, 7) is 3.78. The molecule has 0 aliphatic carbocycles. The molecule has 1 atom stereocenters. The lowest BCUT2D eigenvalue weighted by atomic mass is 9.99. The molecule has 2 aliphatic rings. The van der Waals surface area contributed by atoms with Gasteiger partial charge in [0, 0.05) is 24.5 Å². The van der Waals surface area contributed by atoms with Crippen LogP contribution < -0.4 is 10.0 Å². The topological polar surface area (TPSA) is 95.6 Å². The second-order valence-corrected chi connectivity index (χ2v) is 11.2. The van der Waals surface area contributed by atoms with E-state index < -0.39 is 21.2 Å². The van der Waals surface area contributed by atoms with Crippen molar-refractivity contribution in [3.05, 3.63) is 54.1 Å². The molecular weight excluding hydrogens is 446 g/mol. The van der Waals surface area contributed by atoms with Crippen LogP contribution in [0.25, 0.3) is 0 Å². The molecule has 0 bridgehead atoms. The largest absolute Gasteiger partial charge is 0.341 e. The van der Waals surface area contributed by atoms with Crippen LogP contribution in [-0.4, -0.2) is 50.0 Å². The van der Waals surface area contributed by atoms with Crippen LogP contribution in [0, 0.1) is 5.92 Å². The van der Waals surface area contributed by atoms with Gasteiger partial charge in [-0.3, -0.25) is 9.59 Å². The number of amides is 2. The molecule has 0 unspecified atom stereocenters. The van der Waals surface area contributed by atoms with E-state index in [1.54, 1.807) is 11.0 Å². The van der Waals surface area contributed by atoms with Crippen molar-refractivity contribution in [2.75, 3.05) is 25.0 Å². The number of thioether (sulfide) groups is 1. The lowest BCUT2D eigenvalue weighted by Gasteiger charge is -2.33. The molecule has 0 saturated carbocycles. The van der Waals surface area contributed by atoms with E-state index in [0.29, 0.717) is 36.0 Å². The van der Waals surface area contributed by atoms with Crippen LogP contribution in [0.15, 0.2) is 58.3 Å². The van der Waals surface area contributed by atoms with Gasteiger partial charge in [0.05, 0.1) is 10.6 Å². The number of likely N-dealkylation sites (tertiary alicyclic amines) is 1. The summed E-state index contributed by atoms with van der Waals surface area (Å²) in [6.07, 6.45) is 2.47. The Morgan fingerprint density at radius 2 is 1.88 bits per heavy atom. The first-order chi connectivity index (χ1) is 15.3. The highest BCUT2D eigenvalue weighted by Gasteiger charge is 2.37. The van der Waals surface area contributed by atoms with Gasteiger partial charge in [-0.15, -0.1) is 11.8 Å². The van der Waals surface area contributed by atoms with Gasteiger partial charge in [0.25, 0.3) is 0 Å². The quantitative estimate of drug-likeness (QED) is 0.629. The van der Waals surface area contributed by atoms with Crippen molar-refractivity contribution in [1.82, 2.24) is 9.62 Å². The Labute approximate surface area is 193 Å². The molecule has 0 spiro atoms. The first kappa shape index (κ1) is 22.8. The highest BCUT2D eigenvalue weighted by molar-refractivity contribution is 8.01. The smallest absolute Gasteiger partial charge is 0.247 e. The molecule has 9 heteroatoms. The number of carbonyl (C=O) groups excluding carboxylic acids is 2. The van der Waals surface area contributed by atoms with Gasteiger partial charge < -0.3 is 10.2 Å². The lowest BCUT2D eigenvalue weighted by Crippen LogP contribution is -2.47. The van der Waals surface area contributed by atoms with Gasteiger partial charge in [-0.1, -0.05) is 37.3 Å². The summed E-state index contributed by atoms with van der Waals surface area (Å²) in [5, 5.41) is 1.89. The molecule has 2 aliphatic heterocycles. The number of nitrogens with one attached hydrogen (secondary N) is 2. The fourth-order valence-electron chi connectivity index (χ4n) is 3.87. The fraction of sp³-hybridized carbons (Fsp3) is 0.391. The number of fused-ring (bicyclic) bond motifs is 1. The Morgan fingerprint density at radius 1 is 1.16 bits per heavy atom. The molecule has 1 saturated heterocycles. The van der Waals surface area contributed by atoms with Crippen LogP contribution in [0.1, 0.15) is 25.3 Å². The van der Waals surface area contributed by atoms with Crippen molar-refractivity contribution in [2.24, 2.45) is 5.92 Å². The molecule has 2 heterocycles. The zero-order chi connectivity index (χ0) is 22.7. The molecule has 1 fully saturated rings. The van der Waals surface area contributed by atoms with Crippen molar-refractivity contribution in [3.8, 4) is 0 Å². The monoisotopic (exact) mass is 473 g/mol. The summed E-state index contributed by atoms with van der Waals surface area (Å²) in [6, 6.07) is 14.3. The van der Waals surface area contributed by atoms with Crippen molar-refractivity contribution < 1.29 is 18.0 Å². The van der Waals surface area contributed by atoms with Gasteiger partial charge in [-0.2, -0.15) is 0 Å². The minimum atomic E-state index is -3.72. The molecule has 0 radical (unpaired) electrons. The van der Waals surface area contributed by atoms with E-state index in [2.05, 4.69) is 17.0 Å². The van der Waals surface area contributed by atoms with Gasteiger partial charge >= 0.3 is 0 Å². The minimum absolute atomic E-state index is 0.0833. The van der Waals surface area contributed by atoms with E-state index in [1.165, 1.54) is 23.9 Å². The third kappa shape index (κ3) is 5.16. The fourth-order valence-corrected chi connectivity index (χ4v) is 5.98. The summed E-state index contributed by atoms with van der Waals surface area (Å²) in [5.74, 6) is 0.0105. The number of rotatable bonds is 6. The maximum atomic E-state index is 12.9. The molecule has 0 aromatic heterocycles. The lowest BCUT2D eigenvalue weighted by molar-refractivity contribution is -0.135. The Bertz CT molecular complexity index is 1100. The number of anilines is 1. The Balaban J connectivity index is 1.42. The van der Waals surface area contributed by atoms with E-state index in [-0.39, 0.29) is 17.3 Å². The van der Waals surface area contributed by atoms with Gasteiger partial charge in [0.1, 0.15) is 0 Å². The number of piperidine rings is 1. The third-order valence-corrected chi connectivity index (χ3v) is 8.59. The normalized spacial score (nSPS) is 19.3. The van der Waals surface area contributed by atoms with Crippen LogP contribution in [0.2, 0.25) is 0 Å². The summed E-state index contributed by atoms with van der Waals surface area (Å²) in [5.41, 5.74) is 1.46. The van der Waals surface area contributed by atoms with Crippen LogP contribution in [0.5, 0.6) is 0 Å². The van der Waals surface area contributed by atoms with E-state index in [0.717, 1.165) is 18.4 Å².